The van der Waals surface area contributed by atoms with Gasteiger partial charge in [-0.05, 0) is 93.7 Å². The average Bonchev–Trinajstić information content (AvgIpc) is 3.82. The fraction of sp³-hybridized carbons (Fsp3) is 0. The van der Waals surface area contributed by atoms with Crippen LogP contribution in [0.25, 0.3) is 110 Å². The summed E-state index contributed by atoms with van der Waals surface area (Å²) in [4.78, 5) is 5.36. The molecule has 12 rings (SSSR count). The zero-order valence-corrected chi connectivity index (χ0v) is 31.5. The lowest BCUT2D eigenvalue weighted by Gasteiger charge is -2.16. The first-order chi connectivity index (χ1) is 28.8. The summed E-state index contributed by atoms with van der Waals surface area (Å²) in [6, 6.07) is 76.9. The van der Waals surface area contributed by atoms with Gasteiger partial charge in [0.05, 0.1) is 33.3 Å². The zero-order valence-electron chi connectivity index (χ0n) is 31.5. The number of pyridine rings is 1. The molecule has 0 N–H and O–H groups in total. The molecule has 0 aliphatic rings. The molecule has 0 amide bonds. The first-order valence-corrected chi connectivity index (χ1v) is 19.9. The van der Waals surface area contributed by atoms with Crippen LogP contribution in [0.3, 0.4) is 0 Å². The number of hydrogen-bond donors (Lipinski definition) is 0. The van der Waals surface area contributed by atoms with E-state index in [0.29, 0.717) is 0 Å². The third-order valence-electron chi connectivity index (χ3n) is 11.9. The van der Waals surface area contributed by atoms with Gasteiger partial charge in [-0.1, -0.05) is 152 Å². The normalized spacial score (nSPS) is 11.8. The van der Waals surface area contributed by atoms with Crippen LogP contribution < -0.4 is 0 Å². The second-order valence-electron chi connectivity index (χ2n) is 15.2. The summed E-state index contributed by atoms with van der Waals surface area (Å²) in [6.07, 6.45) is 0. The average molecular weight is 738 g/mol. The van der Waals surface area contributed by atoms with Gasteiger partial charge in [0.15, 0.2) is 0 Å². The van der Waals surface area contributed by atoms with Crippen LogP contribution >= 0.6 is 0 Å². The minimum Gasteiger partial charge on any atom is -0.309 e. The number of rotatable bonds is 5. The Morgan fingerprint density at radius 3 is 1.38 bits per heavy atom. The van der Waals surface area contributed by atoms with Crippen molar-refractivity contribution < 1.29 is 0 Å². The molecule has 0 fully saturated rings. The van der Waals surface area contributed by atoms with Crippen LogP contribution in [0.4, 0.5) is 0 Å². The molecule has 3 aromatic heterocycles. The highest BCUT2D eigenvalue weighted by atomic mass is 15.0. The predicted octanol–water partition coefficient (Wildman–Crippen LogP) is 14.6. The second-order valence-corrected chi connectivity index (χ2v) is 15.2. The molecule has 0 atom stereocenters. The highest BCUT2D eigenvalue weighted by Gasteiger charge is 2.18. The van der Waals surface area contributed by atoms with Crippen molar-refractivity contribution in [2.75, 3.05) is 0 Å². The molecule has 0 bridgehead atoms. The van der Waals surface area contributed by atoms with Crippen molar-refractivity contribution in [2.24, 2.45) is 0 Å². The van der Waals surface area contributed by atoms with Crippen LogP contribution in [0.1, 0.15) is 0 Å². The van der Waals surface area contributed by atoms with Crippen molar-refractivity contribution in [2.45, 2.75) is 0 Å². The molecule has 3 nitrogen and oxygen atoms in total. The molecule has 0 aliphatic carbocycles. The molecule has 0 radical (unpaired) electrons. The lowest BCUT2D eigenvalue weighted by Crippen LogP contribution is -2.00. The summed E-state index contributed by atoms with van der Waals surface area (Å²) in [5, 5.41) is 8.58. The maximum absolute atomic E-state index is 5.36. The molecule has 270 valence electrons. The van der Waals surface area contributed by atoms with Gasteiger partial charge >= 0.3 is 0 Å². The number of benzene rings is 9. The summed E-state index contributed by atoms with van der Waals surface area (Å²) >= 11 is 0. The van der Waals surface area contributed by atoms with Gasteiger partial charge in [-0.3, -0.25) is 0 Å². The Kier molecular flexibility index (Phi) is 7.23. The van der Waals surface area contributed by atoms with E-state index in [1.165, 1.54) is 70.9 Å². The number of fused-ring (bicyclic) bond motifs is 9. The van der Waals surface area contributed by atoms with Gasteiger partial charge in [-0.15, -0.1) is 0 Å². The van der Waals surface area contributed by atoms with Crippen LogP contribution in [0, 0.1) is 0 Å². The summed E-state index contributed by atoms with van der Waals surface area (Å²) in [7, 11) is 0. The molecule has 0 saturated heterocycles. The molecule has 3 heteroatoms. The molecule has 0 unspecified atom stereocenters. The Morgan fingerprint density at radius 2 is 0.793 bits per heavy atom. The quantitative estimate of drug-likeness (QED) is 0.161. The van der Waals surface area contributed by atoms with E-state index in [1.807, 2.05) is 0 Å². The van der Waals surface area contributed by atoms with Crippen molar-refractivity contribution >= 4 is 65.3 Å². The minimum absolute atomic E-state index is 0.949. The van der Waals surface area contributed by atoms with E-state index in [-0.39, 0.29) is 0 Å². The fourth-order valence-electron chi connectivity index (χ4n) is 9.28. The number of para-hydroxylation sites is 4. The largest absolute Gasteiger partial charge is 0.309 e. The zero-order chi connectivity index (χ0) is 38.2. The van der Waals surface area contributed by atoms with E-state index in [2.05, 4.69) is 221 Å². The van der Waals surface area contributed by atoms with Crippen LogP contribution in [-0.2, 0) is 0 Å². The molecule has 0 saturated carbocycles. The second kappa shape index (κ2) is 12.9. The first-order valence-electron chi connectivity index (χ1n) is 19.9. The maximum Gasteiger partial charge on any atom is 0.0722 e. The third kappa shape index (κ3) is 5.04. The monoisotopic (exact) mass is 737 g/mol. The number of hydrogen-bond acceptors (Lipinski definition) is 1. The highest BCUT2D eigenvalue weighted by molar-refractivity contribution is 6.14. The van der Waals surface area contributed by atoms with Crippen LogP contribution in [0.5, 0.6) is 0 Å². The first kappa shape index (κ1) is 32.5. The molecule has 0 spiro atoms. The number of nitrogens with zero attached hydrogens (tertiary/aromatic N) is 3. The van der Waals surface area contributed by atoms with E-state index < -0.39 is 0 Å². The highest BCUT2D eigenvalue weighted by Crippen LogP contribution is 2.40. The van der Waals surface area contributed by atoms with Gasteiger partial charge < -0.3 is 9.13 Å². The molecule has 3 heterocycles. The Bertz CT molecular complexity index is 3330. The topological polar surface area (TPSA) is 22.8 Å². The molecular weight excluding hydrogens is 703 g/mol. The summed E-state index contributed by atoms with van der Waals surface area (Å²) < 4.78 is 4.85. The lowest BCUT2D eigenvalue weighted by atomic mass is 9.94. The van der Waals surface area contributed by atoms with Crippen molar-refractivity contribution in [3.8, 4) is 44.9 Å². The van der Waals surface area contributed by atoms with Gasteiger partial charge in [0, 0.05) is 43.9 Å². The van der Waals surface area contributed by atoms with E-state index >= 15 is 0 Å². The van der Waals surface area contributed by atoms with E-state index in [4.69, 9.17) is 4.98 Å². The SMILES string of the molecule is c1ccc(-c2cc(-c3cccc(-c4cc(-n5c6ccccc6c6ccccc65)cc(-n5c6ccccc6c6ccccc65)c4)c3)nc3ccc4ccccc4c23)cc1. The van der Waals surface area contributed by atoms with Crippen molar-refractivity contribution in [1.82, 2.24) is 14.1 Å². The Morgan fingerprint density at radius 1 is 0.310 bits per heavy atom. The molecule has 0 aliphatic heterocycles. The Hall–Kier alpha value is -7.75. The van der Waals surface area contributed by atoms with E-state index in [1.54, 1.807) is 0 Å². The van der Waals surface area contributed by atoms with Gasteiger partial charge in [0.2, 0.25) is 0 Å². The predicted molar refractivity (Wildman–Crippen MR) is 244 cm³/mol. The van der Waals surface area contributed by atoms with E-state index in [9.17, 15) is 0 Å². The summed E-state index contributed by atoms with van der Waals surface area (Å²) in [5.74, 6) is 0. The van der Waals surface area contributed by atoms with Gasteiger partial charge in [0.25, 0.3) is 0 Å². The maximum atomic E-state index is 5.36. The van der Waals surface area contributed by atoms with Crippen molar-refractivity contribution in [3.63, 3.8) is 0 Å². The van der Waals surface area contributed by atoms with Crippen LogP contribution in [0.2, 0.25) is 0 Å². The Labute approximate surface area is 335 Å². The molecule has 58 heavy (non-hydrogen) atoms. The fourth-order valence-corrected chi connectivity index (χ4v) is 9.28. The number of aromatic nitrogens is 3. The summed E-state index contributed by atoms with van der Waals surface area (Å²) in [6.45, 7) is 0. The molecule has 12 aromatic rings. The standard InChI is InChI=1S/C55H35N3/c1-2-15-36(16-3-1)48-35-50(56-49-30-29-37-17-4-5-20-43(37)55(48)49)39-19-14-18-38(31-39)40-32-41(57-51-25-10-6-21-44(51)45-22-7-11-26-52(45)57)34-42(33-40)58-53-27-12-8-23-46(53)47-24-9-13-28-54(47)58/h1-35H. The minimum atomic E-state index is 0.949. The van der Waals surface area contributed by atoms with Crippen LogP contribution in [-0.4, -0.2) is 14.1 Å². The van der Waals surface area contributed by atoms with Crippen molar-refractivity contribution in [1.29, 1.82) is 0 Å². The van der Waals surface area contributed by atoms with Crippen molar-refractivity contribution in [3.05, 3.63) is 212 Å². The molecular formula is C55H35N3. The summed E-state index contributed by atoms with van der Waals surface area (Å²) in [5.41, 5.74) is 14.6. The third-order valence-corrected chi connectivity index (χ3v) is 11.9. The molecule has 9 aromatic carbocycles. The van der Waals surface area contributed by atoms with Crippen LogP contribution in [0.15, 0.2) is 212 Å². The van der Waals surface area contributed by atoms with Gasteiger partial charge in [0.1, 0.15) is 0 Å². The van der Waals surface area contributed by atoms with Gasteiger partial charge in [-0.25, -0.2) is 4.98 Å². The van der Waals surface area contributed by atoms with Gasteiger partial charge in [-0.2, -0.15) is 0 Å². The van der Waals surface area contributed by atoms with E-state index in [0.717, 1.165) is 39.3 Å². The Balaban J connectivity index is 1.11. The lowest BCUT2D eigenvalue weighted by molar-refractivity contribution is 1.13. The smallest absolute Gasteiger partial charge is 0.0722 e.